The fourth-order valence-electron chi connectivity index (χ4n) is 2.84. The largest absolute Gasteiger partial charge is 0.369 e. The highest BCUT2D eigenvalue weighted by atomic mass is 15.3. The summed E-state index contributed by atoms with van der Waals surface area (Å²) >= 11 is 0. The Morgan fingerprint density at radius 1 is 1.30 bits per heavy atom. The van der Waals surface area contributed by atoms with Gasteiger partial charge >= 0.3 is 0 Å². The van der Waals surface area contributed by atoms with Crippen LogP contribution in [0.1, 0.15) is 19.8 Å². The monoisotopic (exact) mass is 274 g/mol. The molecule has 6 heteroatoms. The molecule has 20 heavy (non-hydrogen) atoms. The van der Waals surface area contributed by atoms with E-state index in [-0.39, 0.29) is 0 Å². The Morgan fingerprint density at radius 2 is 2.10 bits per heavy atom. The summed E-state index contributed by atoms with van der Waals surface area (Å²) in [6.45, 7) is 6.88. The number of hydrogen-bond acceptors (Lipinski definition) is 5. The van der Waals surface area contributed by atoms with Crippen LogP contribution in [0, 0.1) is 5.92 Å². The second-order valence-corrected chi connectivity index (χ2v) is 5.72. The Balaban J connectivity index is 1.61. The predicted octanol–water partition coefficient (Wildman–Crippen LogP) is 1.51. The van der Waals surface area contributed by atoms with Gasteiger partial charge in [0.15, 0.2) is 5.65 Å². The molecule has 3 rings (SSSR count). The first-order valence-electron chi connectivity index (χ1n) is 7.33. The quantitative estimate of drug-likeness (QED) is 0.895. The van der Waals surface area contributed by atoms with Crippen molar-refractivity contribution in [3.63, 3.8) is 0 Å². The van der Waals surface area contributed by atoms with Crippen molar-refractivity contribution in [3.05, 3.63) is 12.5 Å². The van der Waals surface area contributed by atoms with Crippen LogP contribution >= 0.6 is 0 Å². The summed E-state index contributed by atoms with van der Waals surface area (Å²) in [7, 11) is 1.90. The Morgan fingerprint density at radius 3 is 2.90 bits per heavy atom. The van der Waals surface area contributed by atoms with Crippen LogP contribution in [0.25, 0.3) is 11.0 Å². The maximum atomic E-state index is 4.33. The molecule has 1 aliphatic heterocycles. The second kappa shape index (κ2) is 5.75. The molecule has 0 aliphatic carbocycles. The summed E-state index contributed by atoms with van der Waals surface area (Å²) in [4.78, 5) is 11.1. The lowest BCUT2D eigenvalue weighted by atomic mass is 10.1. The summed E-state index contributed by atoms with van der Waals surface area (Å²) in [5.74, 6) is 1.49. The average molecular weight is 274 g/mol. The van der Waals surface area contributed by atoms with Gasteiger partial charge in [-0.05, 0) is 31.8 Å². The normalized spacial score (nSPS) is 17.7. The number of aryl methyl sites for hydroxylation is 1. The SMILES string of the molecule is CC(CNc1ncnc2c1cnn2C)CN1CCCC1. The molecule has 3 heterocycles. The zero-order chi connectivity index (χ0) is 13.9. The molecule has 108 valence electrons. The van der Waals surface area contributed by atoms with Crippen LogP contribution in [0.15, 0.2) is 12.5 Å². The highest BCUT2D eigenvalue weighted by molar-refractivity contribution is 5.85. The molecule has 0 saturated carbocycles. The van der Waals surface area contributed by atoms with Crippen LogP contribution in [-0.2, 0) is 7.05 Å². The van der Waals surface area contributed by atoms with Gasteiger partial charge < -0.3 is 10.2 Å². The number of aromatic nitrogens is 4. The van der Waals surface area contributed by atoms with Gasteiger partial charge in [0.2, 0.25) is 0 Å². The van der Waals surface area contributed by atoms with Crippen LogP contribution in [-0.4, -0.2) is 50.8 Å². The Kier molecular flexibility index (Phi) is 3.82. The van der Waals surface area contributed by atoms with Crippen LogP contribution in [0.2, 0.25) is 0 Å². The Bertz CT molecular complexity index is 572. The third-order valence-electron chi connectivity index (χ3n) is 3.92. The minimum atomic E-state index is 0.606. The van der Waals surface area contributed by atoms with Crippen LogP contribution in [0.3, 0.4) is 0 Å². The van der Waals surface area contributed by atoms with Crippen molar-refractivity contribution in [2.45, 2.75) is 19.8 Å². The summed E-state index contributed by atoms with van der Waals surface area (Å²) in [5.41, 5.74) is 0.870. The molecule has 0 bridgehead atoms. The van der Waals surface area contributed by atoms with E-state index in [0.717, 1.165) is 29.9 Å². The summed E-state index contributed by atoms with van der Waals surface area (Å²) in [6, 6.07) is 0. The molecule has 1 unspecified atom stereocenters. The molecule has 0 amide bonds. The summed E-state index contributed by atoms with van der Waals surface area (Å²) in [6.07, 6.45) is 6.12. The Labute approximate surface area is 119 Å². The van der Waals surface area contributed by atoms with Crippen molar-refractivity contribution in [1.29, 1.82) is 0 Å². The second-order valence-electron chi connectivity index (χ2n) is 5.72. The number of rotatable bonds is 5. The van der Waals surface area contributed by atoms with E-state index < -0.39 is 0 Å². The van der Waals surface area contributed by atoms with Crippen LogP contribution in [0.5, 0.6) is 0 Å². The van der Waals surface area contributed by atoms with Gasteiger partial charge in [-0.1, -0.05) is 6.92 Å². The zero-order valence-electron chi connectivity index (χ0n) is 12.2. The first kappa shape index (κ1) is 13.3. The van der Waals surface area contributed by atoms with Gasteiger partial charge in [-0.2, -0.15) is 5.10 Å². The molecule has 1 aliphatic rings. The summed E-state index contributed by atoms with van der Waals surface area (Å²) < 4.78 is 1.77. The van der Waals surface area contributed by atoms with E-state index in [9.17, 15) is 0 Å². The number of nitrogens with zero attached hydrogens (tertiary/aromatic N) is 5. The van der Waals surface area contributed by atoms with Gasteiger partial charge in [0.05, 0.1) is 11.6 Å². The molecule has 1 atom stereocenters. The standard InChI is InChI=1S/C14H22N6/c1-11(9-20-5-3-4-6-20)7-15-13-12-8-18-19(2)14(12)17-10-16-13/h8,10-11H,3-7,9H2,1-2H3,(H,15,16,17). The molecule has 1 fully saturated rings. The van der Waals surface area contributed by atoms with E-state index in [0.29, 0.717) is 5.92 Å². The first-order valence-corrected chi connectivity index (χ1v) is 7.33. The van der Waals surface area contributed by atoms with Crippen molar-refractivity contribution >= 4 is 16.9 Å². The van der Waals surface area contributed by atoms with E-state index >= 15 is 0 Å². The zero-order valence-corrected chi connectivity index (χ0v) is 12.2. The number of hydrogen-bond donors (Lipinski definition) is 1. The number of anilines is 1. The van der Waals surface area contributed by atoms with Crippen LogP contribution < -0.4 is 5.32 Å². The Hall–Kier alpha value is -1.69. The van der Waals surface area contributed by atoms with Gasteiger partial charge in [-0.3, -0.25) is 4.68 Å². The van der Waals surface area contributed by atoms with E-state index in [4.69, 9.17) is 0 Å². The van der Waals surface area contributed by atoms with Crippen molar-refractivity contribution in [1.82, 2.24) is 24.6 Å². The summed E-state index contributed by atoms with van der Waals surface area (Å²) in [5, 5.41) is 8.67. The van der Waals surface area contributed by atoms with E-state index in [2.05, 4.69) is 32.2 Å². The number of likely N-dealkylation sites (tertiary alicyclic amines) is 1. The van der Waals surface area contributed by atoms with Gasteiger partial charge in [0.1, 0.15) is 12.1 Å². The molecule has 1 N–H and O–H groups in total. The van der Waals surface area contributed by atoms with Crippen molar-refractivity contribution < 1.29 is 0 Å². The van der Waals surface area contributed by atoms with E-state index in [1.165, 1.54) is 25.9 Å². The first-order chi connectivity index (χ1) is 9.74. The molecule has 2 aromatic rings. The smallest absolute Gasteiger partial charge is 0.163 e. The maximum absolute atomic E-state index is 4.33. The van der Waals surface area contributed by atoms with Crippen LogP contribution in [0.4, 0.5) is 5.82 Å². The minimum absolute atomic E-state index is 0.606. The lowest BCUT2D eigenvalue weighted by Crippen LogP contribution is -2.29. The molecule has 6 nitrogen and oxygen atoms in total. The van der Waals surface area contributed by atoms with Crippen molar-refractivity contribution in [2.75, 3.05) is 31.5 Å². The van der Waals surface area contributed by atoms with Gasteiger partial charge in [0.25, 0.3) is 0 Å². The third-order valence-corrected chi connectivity index (χ3v) is 3.92. The molecule has 1 saturated heterocycles. The lowest BCUT2D eigenvalue weighted by Gasteiger charge is -2.20. The van der Waals surface area contributed by atoms with Gasteiger partial charge in [0, 0.05) is 20.1 Å². The molecular weight excluding hydrogens is 252 g/mol. The molecule has 0 spiro atoms. The van der Waals surface area contributed by atoms with Crippen molar-refractivity contribution in [3.8, 4) is 0 Å². The lowest BCUT2D eigenvalue weighted by molar-refractivity contribution is 0.294. The molecule has 0 radical (unpaired) electrons. The molecule has 0 aromatic carbocycles. The topological polar surface area (TPSA) is 58.9 Å². The highest BCUT2D eigenvalue weighted by Gasteiger charge is 2.15. The van der Waals surface area contributed by atoms with E-state index in [1.807, 2.05) is 13.2 Å². The minimum Gasteiger partial charge on any atom is -0.369 e. The van der Waals surface area contributed by atoms with Gasteiger partial charge in [-0.15, -0.1) is 0 Å². The number of nitrogens with one attached hydrogen (secondary N) is 1. The van der Waals surface area contributed by atoms with E-state index in [1.54, 1.807) is 11.0 Å². The van der Waals surface area contributed by atoms with Crippen molar-refractivity contribution in [2.24, 2.45) is 13.0 Å². The third kappa shape index (κ3) is 2.75. The highest BCUT2D eigenvalue weighted by Crippen LogP contribution is 2.18. The fraction of sp³-hybridized carbons (Fsp3) is 0.643. The fourth-order valence-corrected chi connectivity index (χ4v) is 2.84. The molecular formula is C14H22N6. The predicted molar refractivity (Wildman–Crippen MR) is 79.6 cm³/mol. The maximum Gasteiger partial charge on any atom is 0.163 e. The van der Waals surface area contributed by atoms with Gasteiger partial charge in [-0.25, -0.2) is 9.97 Å². The average Bonchev–Trinajstić information content (AvgIpc) is 3.07. The molecule has 2 aromatic heterocycles. The number of fused-ring (bicyclic) bond motifs is 1.